The van der Waals surface area contributed by atoms with Gasteiger partial charge in [-0.1, -0.05) is 12.1 Å². The topological polar surface area (TPSA) is 45.7 Å². The van der Waals surface area contributed by atoms with Gasteiger partial charge < -0.3 is 9.64 Å². The Balaban J connectivity index is 1.34. The molecule has 1 amide bonds. The average molecular weight is 397 g/mol. The van der Waals surface area contributed by atoms with Crippen molar-refractivity contribution in [3.8, 4) is 0 Å². The number of amides is 1. The first-order valence-corrected chi connectivity index (χ1v) is 10.3. The Morgan fingerprint density at radius 3 is 2.66 bits per heavy atom. The molecule has 1 aromatic carbocycles. The number of aromatic nitrogens is 1. The predicted octanol–water partition coefficient (Wildman–Crippen LogP) is 2.90. The predicted molar refractivity (Wildman–Crippen MR) is 109 cm³/mol. The summed E-state index contributed by atoms with van der Waals surface area (Å²) in [6.07, 6.45) is 5.81. The molecule has 4 rings (SSSR count). The molecule has 2 saturated heterocycles. The minimum absolute atomic E-state index is 0.0774. The van der Waals surface area contributed by atoms with Crippen LogP contribution in [0.2, 0.25) is 0 Å². The van der Waals surface area contributed by atoms with Crippen molar-refractivity contribution in [3.63, 3.8) is 0 Å². The molecule has 0 atom stereocenters. The summed E-state index contributed by atoms with van der Waals surface area (Å²) in [5.74, 6) is -0.216. The average Bonchev–Trinajstić information content (AvgIpc) is 2.91. The Labute approximate surface area is 171 Å². The van der Waals surface area contributed by atoms with Gasteiger partial charge in [0.15, 0.2) is 0 Å². The third kappa shape index (κ3) is 5.19. The van der Waals surface area contributed by atoms with Crippen LogP contribution in [-0.4, -0.2) is 60.1 Å². The van der Waals surface area contributed by atoms with E-state index in [0.29, 0.717) is 0 Å². The van der Waals surface area contributed by atoms with Crippen molar-refractivity contribution >= 4 is 5.91 Å². The van der Waals surface area contributed by atoms with Crippen molar-refractivity contribution in [1.29, 1.82) is 0 Å². The van der Waals surface area contributed by atoms with E-state index in [2.05, 4.69) is 22.0 Å². The Kier molecular flexibility index (Phi) is 6.21. The molecule has 0 bridgehead atoms. The maximum Gasteiger partial charge on any atom is 0.226 e. The van der Waals surface area contributed by atoms with Crippen LogP contribution < -0.4 is 0 Å². The Bertz CT molecular complexity index is 822. The lowest BCUT2D eigenvalue weighted by Crippen LogP contribution is -2.49. The van der Waals surface area contributed by atoms with Crippen LogP contribution in [0.5, 0.6) is 0 Å². The van der Waals surface area contributed by atoms with Crippen LogP contribution in [0.1, 0.15) is 24.0 Å². The number of halogens is 1. The van der Waals surface area contributed by atoms with Gasteiger partial charge in [-0.3, -0.25) is 14.7 Å². The zero-order valence-electron chi connectivity index (χ0n) is 16.7. The number of hydrogen-bond donors (Lipinski definition) is 0. The van der Waals surface area contributed by atoms with Gasteiger partial charge in [-0.25, -0.2) is 4.39 Å². The molecule has 0 aliphatic carbocycles. The second-order valence-electron chi connectivity index (χ2n) is 8.31. The molecule has 3 heterocycles. The zero-order chi connectivity index (χ0) is 20.1. The van der Waals surface area contributed by atoms with E-state index in [0.717, 1.165) is 64.3 Å². The molecule has 29 heavy (non-hydrogen) atoms. The van der Waals surface area contributed by atoms with Crippen molar-refractivity contribution in [2.75, 3.05) is 39.4 Å². The first-order chi connectivity index (χ1) is 14.1. The minimum atomic E-state index is -0.294. The van der Waals surface area contributed by atoms with Crippen LogP contribution >= 0.6 is 0 Å². The lowest BCUT2D eigenvalue weighted by atomic mass is 9.78. The quantitative estimate of drug-likeness (QED) is 0.796. The molecule has 6 heteroatoms. The highest BCUT2D eigenvalue weighted by molar-refractivity contribution is 5.78. The van der Waals surface area contributed by atoms with Crippen molar-refractivity contribution in [2.24, 2.45) is 5.41 Å². The second-order valence-corrected chi connectivity index (χ2v) is 8.31. The number of hydrogen-bond acceptors (Lipinski definition) is 4. The van der Waals surface area contributed by atoms with Gasteiger partial charge in [0.1, 0.15) is 5.82 Å². The normalized spacial score (nSPS) is 19.8. The first kappa shape index (κ1) is 20.0. The molecule has 2 aromatic rings. The van der Waals surface area contributed by atoms with E-state index in [1.54, 1.807) is 6.07 Å². The van der Waals surface area contributed by atoms with E-state index in [1.807, 2.05) is 23.4 Å². The molecule has 0 unspecified atom stereocenters. The summed E-state index contributed by atoms with van der Waals surface area (Å²) in [5, 5.41) is 0. The van der Waals surface area contributed by atoms with Crippen molar-refractivity contribution in [3.05, 3.63) is 65.7 Å². The van der Waals surface area contributed by atoms with Gasteiger partial charge in [0.2, 0.25) is 5.91 Å². The maximum absolute atomic E-state index is 13.4. The number of ether oxygens (including phenoxy) is 1. The summed E-state index contributed by atoms with van der Waals surface area (Å²) in [6.45, 7) is 5.78. The first-order valence-electron chi connectivity index (χ1n) is 10.3. The summed E-state index contributed by atoms with van der Waals surface area (Å²) in [7, 11) is 0. The van der Waals surface area contributed by atoms with Crippen LogP contribution in [0.15, 0.2) is 48.8 Å². The van der Waals surface area contributed by atoms with Gasteiger partial charge >= 0.3 is 0 Å². The molecule has 2 aliphatic heterocycles. The van der Waals surface area contributed by atoms with Crippen molar-refractivity contribution in [2.45, 2.75) is 25.8 Å². The lowest BCUT2D eigenvalue weighted by Gasteiger charge is -2.42. The molecule has 154 valence electrons. The minimum Gasteiger partial charge on any atom is -0.379 e. The summed E-state index contributed by atoms with van der Waals surface area (Å²) in [6, 6.07) is 10.4. The zero-order valence-corrected chi connectivity index (χ0v) is 16.7. The SMILES string of the molecule is O=C(Cc1cccc(F)c1)N1CCC2(CC1)COCCN(Cc1ccncc1)C2. The third-order valence-corrected chi connectivity index (χ3v) is 6.10. The van der Waals surface area contributed by atoms with Crippen LogP contribution in [0.25, 0.3) is 0 Å². The van der Waals surface area contributed by atoms with Gasteiger partial charge in [-0.05, 0) is 48.2 Å². The van der Waals surface area contributed by atoms with Crippen LogP contribution in [0.3, 0.4) is 0 Å². The Morgan fingerprint density at radius 2 is 1.90 bits per heavy atom. The molecule has 2 fully saturated rings. The van der Waals surface area contributed by atoms with Crippen molar-refractivity contribution < 1.29 is 13.9 Å². The second kappa shape index (κ2) is 9.01. The number of nitrogens with zero attached hydrogens (tertiary/aromatic N) is 3. The smallest absolute Gasteiger partial charge is 0.226 e. The molecule has 0 saturated carbocycles. The fourth-order valence-electron chi connectivity index (χ4n) is 4.43. The number of carbonyl (C=O) groups is 1. The van der Waals surface area contributed by atoms with E-state index >= 15 is 0 Å². The van der Waals surface area contributed by atoms with Gasteiger partial charge in [-0.2, -0.15) is 0 Å². The number of likely N-dealkylation sites (tertiary alicyclic amines) is 1. The number of piperidine rings is 1. The number of carbonyl (C=O) groups excluding carboxylic acids is 1. The molecule has 0 N–H and O–H groups in total. The van der Waals surface area contributed by atoms with E-state index < -0.39 is 0 Å². The summed E-state index contributed by atoms with van der Waals surface area (Å²) in [4.78, 5) is 21.2. The molecular weight excluding hydrogens is 369 g/mol. The molecule has 2 aliphatic rings. The number of rotatable bonds is 4. The highest BCUT2D eigenvalue weighted by atomic mass is 19.1. The van der Waals surface area contributed by atoms with E-state index in [9.17, 15) is 9.18 Å². The molecule has 1 spiro atoms. The van der Waals surface area contributed by atoms with E-state index in [-0.39, 0.29) is 23.6 Å². The molecule has 1 aromatic heterocycles. The fourth-order valence-corrected chi connectivity index (χ4v) is 4.43. The van der Waals surface area contributed by atoms with Gasteiger partial charge in [0.05, 0.1) is 19.6 Å². The third-order valence-electron chi connectivity index (χ3n) is 6.10. The molecular formula is C23H28FN3O2. The highest BCUT2D eigenvalue weighted by Crippen LogP contribution is 2.35. The summed E-state index contributed by atoms with van der Waals surface area (Å²) < 4.78 is 19.3. The Hall–Kier alpha value is -2.31. The summed E-state index contributed by atoms with van der Waals surface area (Å²) >= 11 is 0. The van der Waals surface area contributed by atoms with E-state index in [1.165, 1.54) is 17.7 Å². The van der Waals surface area contributed by atoms with Crippen LogP contribution in [0.4, 0.5) is 4.39 Å². The highest BCUT2D eigenvalue weighted by Gasteiger charge is 2.39. The Morgan fingerprint density at radius 1 is 1.10 bits per heavy atom. The number of benzene rings is 1. The van der Waals surface area contributed by atoms with Crippen LogP contribution in [0, 0.1) is 11.2 Å². The monoisotopic (exact) mass is 397 g/mol. The molecule has 0 radical (unpaired) electrons. The standard InChI is InChI=1S/C23H28FN3O2/c24-21-3-1-2-20(14-21)15-22(28)27-10-6-23(7-11-27)17-26(12-13-29-18-23)16-19-4-8-25-9-5-19/h1-5,8-9,14H,6-7,10-13,15-18H2. The lowest BCUT2D eigenvalue weighted by molar-refractivity contribution is -0.133. The van der Waals surface area contributed by atoms with Crippen LogP contribution in [-0.2, 0) is 22.5 Å². The van der Waals surface area contributed by atoms with Crippen molar-refractivity contribution in [1.82, 2.24) is 14.8 Å². The largest absolute Gasteiger partial charge is 0.379 e. The van der Waals surface area contributed by atoms with Gasteiger partial charge in [0.25, 0.3) is 0 Å². The van der Waals surface area contributed by atoms with Gasteiger partial charge in [0, 0.05) is 50.5 Å². The van der Waals surface area contributed by atoms with Gasteiger partial charge in [-0.15, -0.1) is 0 Å². The summed E-state index contributed by atoms with van der Waals surface area (Å²) in [5.41, 5.74) is 2.09. The van der Waals surface area contributed by atoms with E-state index in [4.69, 9.17) is 4.74 Å². The number of pyridine rings is 1. The molecule has 5 nitrogen and oxygen atoms in total. The maximum atomic E-state index is 13.4. The fraction of sp³-hybridized carbons (Fsp3) is 0.478.